The number of aromatic carboxylic acids is 1. The largest absolute Gasteiger partial charge is 0.476 e. The third-order valence-electron chi connectivity index (χ3n) is 2.13. The van der Waals surface area contributed by atoms with Crippen LogP contribution in [0.1, 0.15) is 16.1 Å². The molecule has 2 aromatic rings. The van der Waals surface area contributed by atoms with Gasteiger partial charge in [-0.2, -0.15) is 10.4 Å². The Kier molecular flexibility index (Phi) is 2.58. The van der Waals surface area contributed by atoms with E-state index < -0.39 is 11.8 Å². The summed E-state index contributed by atoms with van der Waals surface area (Å²) in [4.78, 5) is 10.7. The van der Waals surface area contributed by atoms with E-state index >= 15 is 0 Å². The standard InChI is InChI=1S/C11H6FN3O2/c12-8-1-2-10(7(5-8)6-13)15-4-3-9(14-15)11(16)17/h1-5H,(H,16,17). The molecule has 6 heteroatoms. The second kappa shape index (κ2) is 4.06. The minimum atomic E-state index is -1.16. The second-order valence-electron chi connectivity index (χ2n) is 3.22. The fraction of sp³-hybridized carbons (Fsp3) is 0. The molecule has 84 valence electrons. The van der Waals surface area contributed by atoms with Crippen molar-refractivity contribution in [2.45, 2.75) is 0 Å². The molecular weight excluding hydrogens is 225 g/mol. The molecule has 1 heterocycles. The third kappa shape index (κ3) is 1.99. The molecule has 5 nitrogen and oxygen atoms in total. The molecule has 0 aliphatic carbocycles. The summed E-state index contributed by atoms with van der Waals surface area (Å²) in [6.07, 6.45) is 1.40. The number of halogens is 1. The molecule has 0 bridgehead atoms. The number of carbonyl (C=O) groups is 1. The van der Waals surface area contributed by atoms with Crippen LogP contribution in [-0.4, -0.2) is 20.9 Å². The van der Waals surface area contributed by atoms with E-state index in [9.17, 15) is 9.18 Å². The van der Waals surface area contributed by atoms with E-state index in [1.807, 2.05) is 6.07 Å². The van der Waals surface area contributed by atoms with Crippen molar-refractivity contribution >= 4 is 5.97 Å². The molecule has 0 amide bonds. The smallest absolute Gasteiger partial charge is 0.356 e. The van der Waals surface area contributed by atoms with Gasteiger partial charge in [-0.15, -0.1) is 0 Å². The zero-order valence-electron chi connectivity index (χ0n) is 8.46. The van der Waals surface area contributed by atoms with Crippen LogP contribution in [-0.2, 0) is 0 Å². The first-order chi connectivity index (χ1) is 8.11. The molecule has 0 atom stereocenters. The van der Waals surface area contributed by atoms with Crippen molar-refractivity contribution in [3.63, 3.8) is 0 Å². The van der Waals surface area contributed by atoms with Crippen LogP contribution in [0.25, 0.3) is 5.69 Å². The van der Waals surface area contributed by atoms with Crippen LogP contribution in [0.5, 0.6) is 0 Å². The quantitative estimate of drug-likeness (QED) is 0.850. The molecule has 0 aliphatic rings. The van der Waals surface area contributed by atoms with Gasteiger partial charge in [-0.3, -0.25) is 0 Å². The average Bonchev–Trinajstić information content (AvgIpc) is 2.78. The van der Waals surface area contributed by atoms with Crippen molar-refractivity contribution in [3.8, 4) is 11.8 Å². The van der Waals surface area contributed by atoms with Crippen molar-refractivity contribution < 1.29 is 14.3 Å². The number of nitrogens with zero attached hydrogens (tertiary/aromatic N) is 3. The number of benzene rings is 1. The first-order valence-electron chi connectivity index (χ1n) is 4.61. The summed E-state index contributed by atoms with van der Waals surface area (Å²) in [5.41, 5.74) is 0.282. The van der Waals surface area contributed by atoms with Gasteiger partial charge < -0.3 is 5.11 Å². The SMILES string of the molecule is N#Cc1cc(F)ccc1-n1ccc(C(=O)O)n1. The molecule has 0 unspecified atom stereocenters. The normalized spacial score (nSPS) is 9.88. The van der Waals surface area contributed by atoms with E-state index in [0.29, 0.717) is 5.69 Å². The predicted molar refractivity (Wildman–Crippen MR) is 55.2 cm³/mol. The van der Waals surface area contributed by atoms with Gasteiger partial charge in [0, 0.05) is 6.20 Å². The van der Waals surface area contributed by atoms with E-state index in [1.54, 1.807) is 0 Å². The van der Waals surface area contributed by atoms with Crippen molar-refractivity contribution in [3.05, 3.63) is 47.5 Å². The molecule has 0 saturated carbocycles. The summed E-state index contributed by atoms with van der Waals surface area (Å²) in [6.45, 7) is 0. The maximum absolute atomic E-state index is 12.9. The summed E-state index contributed by atoms with van der Waals surface area (Å²) >= 11 is 0. The number of aromatic nitrogens is 2. The van der Waals surface area contributed by atoms with Gasteiger partial charge in [0.25, 0.3) is 0 Å². The van der Waals surface area contributed by atoms with Gasteiger partial charge in [0.15, 0.2) is 5.69 Å². The molecule has 0 spiro atoms. The Morgan fingerprint density at radius 3 is 2.82 bits per heavy atom. The van der Waals surface area contributed by atoms with E-state index in [-0.39, 0.29) is 11.3 Å². The van der Waals surface area contributed by atoms with Crippen LogP contribution >= 0.6 is 0 Å². The fourth-order valence-electron chi connectivity index (χ4n) is 1.37. The Labute approximate surface area is 95.3 Å². The monoisotopic (exact) mass is 231 g/mol. The molecule has 0 fully saturated rings. The molecule has 0 radical (unpaired) electrons. The molecule has 2 rings (SSSR count). The predicted octanol–water partition coefficient (Wildman–Crippen LogP) is 1.58. The highest BCUT2D eigenvalue weighted by atomic mass is 19.1. The lowest BCUT2D eigenvalue weighted by molar-refractivity contribution is 0.0690. The average molecular weight is 231 g/mol. The van der Waals surface area contributed by atoms with Gasteiger partial charge in [-0.1, -0.05) is 0 Å². The zero-order valence-corrected chi connectivity index (χ0v) is 8.46. The van der Waals surface area contributed by atoms with Crippen molar-refractivity contribution in [2.75, 3.05) is 0 Å². The Balaban J connectivity index is 2.53. The van der Waals surface area contributed by atoms with Crippen LogP contribution in [0, 0.1) is 17.1 Å². The molecule has 1 aromatic carbocycles. The lowest BCUT2D eigenvalue weighted by Gasteiger charge is -2.03. The third-order valence-corrected chi connectivity index (χ3v) is 2.13. The Bertz CT molecular complexity index is 628. The highest BCUT2D eigenvalue weighted by Crippen LogP contribution is 2.15. The number of carboxylic acid groups (broad SMARTS) is 1. The van der Waals surface area contributed by atoms with Crippen LogP contribution in [0.3, 0.4) is 0 Å². The van der Waals surface area contributed by atoms with Crippen LogP contribution in [0.4, 0.5) is 4.39 Å². The number of rotatable bonds is 2. The molecule has 17 heavy (non-hydrogen) atoms. The minimum absolute atomic E-state index is 0.0880. The van der Waals surface area contributed by atoms with E-state index in [0.717, 1.165) is 6.07 Å². The second-order valence-corrected chi connectivity index (χ2v) is 3.22. The summed E-state index contributed by atoms with van der Waals surface area (Å²) in [5, 5.41) is 21.3. The molecule has 0 saturated heterocycles. The van der Waals surface area contributed by atoms with Gasteiger partial charge in [0.2, 0.25) is 0 Å². The Hall–Kier alpha value is -2.68. The fourth-order valence-corrected chi connectivity index (χ4v) is 1.37. The van der Waals surface area contributed by atoms with Gasteiger partial charge in [0.1, 0.15) is 11.9 Å². The number of hydrogen-bond donors (Lipinski definition) is 1. The summed E-state index contributed by atoms with van der Waals surface area (Å²) in [7, 11) is 0. The summed E-state index contributed by atoms with van der Waals surface area (Å²) in [5.74, 6) is -1.69. The van der Waals surface area contributed by atoms with Crippen molar-refractivity contribution in [2.24, 2.45) is 0 Å². The van der Waals surface area contributed by atoms with Gasteiger partial charge in [-0.05, 0) is 24.3 Å². The van der Waals surface area contributed by atoms with Gasteiger partial charge >= 0.3 is 5.97 Å². The number of carboxylic acids is 1. The lowest BCUT2D eigenvalue weighted by atomic mass is 10.2. The minimum Gasteiger partial charge on any atom is -0.476 e. The topological polar surface area (TPSA) is 78.9 Å². The summed E-state index contributed by atoms with van der Waals surface area (Å²) < 4.78 is 14.1. The number of hydrogen-bond acceptors (Lipinski definition) is 3. The van der Waals surface area contributed by atoms with Crippen LogP contribution in [0.2, 0.25) is 0 Å². The summed E-state index contributed by atoms with van der Waals surface area (Å²) in [6, 6.07) is 6.74. The Morgan fingerprint density at radius 2 is 2.24 bits per heavy atom. The molecule has 0 aliphatic heterocycles. The van der Waals surface area contributed by atoms with Crippen molar-refractivity contribution in [1.82, 2.24) is 9.78 Å². The van der Waals surface area contributed by atoms with Crippen LogP contribution < -0.4 is 0 Å². The van der Waals surface area contributed by atoms with Crippen molar-refractivity contribution in [1.29, 1.82) is 5.26 Å². The van der Waals surface area contributed by atoms with E-state index in [1.165, 1.54) is 29.1 Å². The van der Waals surface area contributed by atoms with E-state index in [2.05, 4.69) is 5.10 Å². The van der Waals surface area contributed by atoms with E-state index in [4.69, 9.17) is 10.4 Å². The highest BCUT2D eigenvalue weighted by molar-refractivity contribution is 5.85. The van der Waals surface area contributed by atoms with Gasteiger partial charge in [-0.25, -0.2) is 13.9 Å². The maximum atomic E-state index is 12.9. The first-order valence-corrected chi connectivity index (χ1v) is 4.61. The lowest BCUT2D eigenvalue weighted by Crippen LogP contribution is -2.02. The molecule has 1 aromatic heterocycles. The molecular formula is C11H6FN3O2. The van der Waals surface area contributed by atoms with Gasteiger partial charge in [0.05, 0.1) is 11.3 Å². The Morgan fingerprint density at radius 1 is 1.47 bits per heavy atom. The zero-order chi connectivity index (χ0) is 12.4. The highest BCUT2D eigenvalue weighted by Gasteiger charge is 2.10. The maximum Gasteiger partial charge on any atom is 0.356 e. The molecule has 1 N–H and O–H groups in total. The first kappa shape index (κ1) is 10.8. The van der Waals surface area contributed by atoms with Crippen LogP contribution in [0.15, 0.2) is 30.5 Å². The number of nitriles is 1.